The van der Waals surface area contributed by atoms with Gasteiger partial charge >= 0.3 is 6.09 Å². The summed E-state index contributed by atoms with van der Waals surface area (Å²) in [6.07, 6.45) is 3.62. The number of amides is 1. The van der Waals surface area contributed by atoms with Gasteiger partial charge < -0.3 is 23.8 Å². The molecule has 0 N–H and O–H groups in total. The summed E-state index contributed by atoms with van der Waals surface area (Å²) in [7, 11) is -0.580. The van der Waals surface area contributed by atoms with E-state index in [9.17, 15) is 4.79 Å². The van der Waals surface area contributed by atoms with Crippen molar-refractivity contribution in [3.05, 3.63) is 52.5 Å². The van der Waals surface area contributed by atoms with Crippen LogP contribution in [-0.4, -0.2) is 80.0 Å². The molecule has 6 rings (SSSR count). The maximum atomic E-state index is 16.1. The van der Waals surface area contributed by atoms with Crippen molar-refractivity contribution < 1.29 is 28.1 Å². The zero-order valence-corrected chi connectivity index (χ0v) is 35.7. The molecule has 292 valence electrons. The lowest BCUT2D eigenvalue weighted by Gasteiger charge is -2.42. The maximum Gasteiger partial charge on any atom is 0.410 e. The summed E-state index contributed by atoms with van der Waals surface area (Å²) in [6, 6.07) is 7.26. The van der Waals surface area contributed by atoms with E-state index >= 15 is 4.39 Å². The van der Waals surface area contributed by atoms with E-state index in [-0.39, 0.29) is 37.4 Å². The predicted molar refractivity (Wildman–Crippen MR) is 216 cm³/mol. The molecule has 0 aliphatic carbocycles. The minimum absolute atomic E-state index is 0.0405. The fourth-order valence-corrected chi connectivity index (χ4v) is 14.7. The number of hydrogen-bond acceptors (Lipinski definition) is 9. The Morgan fingerprint density at radius 1 is 1.06 bits per heavy atom. The van der Waals surface area contributed by atoms with Gasteiger partial charge in [0.2, 0.25) is 0 Å². The van der Waals surface area contributed by atoms with Gasteiger partial charge in [-0.25, -0.2) is 19.2 Å². The summed E-state index contributed by atoms with van der Waals surface area (Å²) in [5, 5.41) is 2.26. The Kier molecular flexibility index (Phi) is 11.9. The molecule has 9 nitrogen and oxygen atoms in total. The molecule has 3 atom stereocenters. The van der Waals surface area contributed by atoms with Crippen LogP contribution in [0.15, 0.2) is 29.4 Å². The summed E-state index contributed by atoms with van der Waals surface area (Å²) in [5.41, 5.74) is 7.52. The lowest BCUT2D eigenvalue weighted by atomic mass is 9.91. The van der Waals surface area contributed by atoms with E-state index in [1.165, 1.54) is 17.8 Å². The minimum Gasteiger partial charge on any atom is -0.468 e. The standard InChI is InChI=1S/C42H57FN4O5SSi/c1-25(2)54(26(3)4,27(5)6)17-16-32-35(43)15-12-28-18-31(51-24-49-10)19-33(38(28)32)37-20-36-34(23-50-37)39(45-40(44-36)53-11)46-21-29-13-14-30(22-46)47(29)41(48)52-42(7,8)9/h12,15,18-19,25-27,29-30,37H,13-14,20-24H2,1-11H3. The lowest BCUT2D eigenvalue weighted by Crippen LogP contribution is -2.57. The van der Waals surface area contributed by atoms with Crippen LogP contribution >= 0.6 is 11.8 Å². The average Bonchev–Trinajstić information content (AvgIpc) is 3.38. The number of rotatable bonds is 9. The van der Waals surface area contributed by atoms with Crippen molar-refractivity contribution in [1.29, 1.82) is 0 Å². The molecular weight excluding hydrogens is 720 g/mol. The summed E-state index contributed by atoms with van der Waals surface area (Å²) in [6.45, 7) is 21.0. The number of carbonyl (C=O) groups excluding carboxylic acids is 1. The minimum atomic E-state index is -2.17. The highest BCUT2D eigenvalue weighted by Crippen LogP contribution is 2.44. The molecule has 4 heterocycles. The molecule has 54 heavy (non-hydrogen) atoms. The van der Waals surface area contributed by atoms with Crippen molar-refractivity contribution in [2.45, 2.75) is 134 Å². The molecule has 3 aromatic rings. The lowest BCUT2D eigenvalue weighted by molar-refractivity contribution is 0.0118. The second kappa shape index (κ2) is 16.0. The topological polar surface area (TPSA) is 86.3 Å². The van der Waals surface area contributed by atoms with Crippen LogP contribution in [0.25, 0.3) is 10.8 Å². The van der Waals surface area contributed by atoms with Crippen molar-refractivity contribution in [1.82, 2.24) is 14.9 Å². The Balaban J connectivity index is 1.40. The molecule has 3 aliphatic heterocycles. The Morgan fingerprint density at radius 3 is 2.31 bits per heavy atom. The summed E-state index contributed by atoms with van der Waals surface area (Å²) in [5.74, 6) is 4.59. The number of halogens is 1. The number of benzene rings is 2. The maximum absolute atomic E-state index is 16.1. The molecular formula is C42H57FN4O5SSi. The molecule has 1 aromatic heterocycles. The van der Waals surface area contributed by atoms with Crippen LogP contribution in [0.5, 0.6) is 5.75 Å². The third-order valence-corrected chi connectivity index (χ3v) is 18.3. The third kappa shape index (κ3) is 7.84. The van der Waals surface area contributed by atoms with Crippen molar-refractivity contribution in [3.63, 3.8) is 0 Å². The highest BCUT2D eigenvalue weighted by Gasteiger charge is 2.46. The van der Waals surface area contributed by atoms with Crippen molar-refractivity contribution in [3.8, 4) is 17.2 Å². The normalized spacial score (nSPS) is 20.1. The second-order valence-corrected chi connectivity index (χ2v) is 23.2. The number of nitrogens with zero attached hydrogens (tertiary/aromatic N) is 4. The van der Waals surface area contributed by atoms with Crippen LogP contribution in [0.2, 0.25) is 16.6 Å². The molecule has 2 aromatic carbocycles. The van der Waals surface area contributed by atoms with Crippen molar-refractivity contribution >= 4 is 42.5 Å². The number of carbonyl (C=O) groups is 1. The first kappa shape index (κ1) is 40.3. The molecule has 3 aliphatic rings. The third-order valence-electron chi connectivity index (χ3n) is 11.5. The fraction of sp³-hybridized carbons (Fsp3) is 0.595. The molecule has 0 saturated carbocycles. The van der Waals surface area contributed by atoms with Gasteiger partial charge in [0, 0.05) is 37.6 Å². The van der Waals surface area contributed by atoms with E-state index in [1.54, 1.807) is 13.2 Å². The van der Waals surface area contributed by atoms with Crippen molar-refractivity contribution in [2.75, 3.05) is 38.1 Å². The fourth-order valence-electron chi connectivity index (χ4n) is 9.11. The summed E-state index contributed by atoms with van der Waals surface area (Å²) < 4.78 is 39.9. The van der Waals surface area contributed by atoms with Gasteiger partial charge in [0.15, 0.2) is 11.9 Å². The number of aromatic nitrogens is 2. The van der Waals surface area contributed by atoms with E-state index in [0.29, 0.717) is 52.6 Å². The van der Waals surface area contributed by atoms with E-state index in [4.69, 9.17) is 28.9 Å². The van der Waals surface area contributed by atoms with Crippen LogP contribution in [0.3, 0.4) is 0 Å². The van der Waals surface area contributed by atoms with Gasteiger partial charge in [-0.05, 0) is 85.6 Å². The number of ether oxygens (including phenoxy) is 4. The SMILES string of the molecule is COCOc1cc(C2Cc3nc(SC)nc(N4CC5CCC(C4)N5C(=O)OC(C)(C)C)c3CO2)c2c(C#C[Si](C(C)C)(C(C)C)C(C)C)c(F)ccc2c1. The second-order valence-electron chi connectivity index (χ2n) is 16.9. The monoisotopic (exact) mass is 776 g/mol. The van der Waals surface area contributed by atoms with Gasteiger partial charge in [-0.3, -0.25) is 4.90 Å². The number of thioether (sulfide) groups is 1. The highest BCUT2D eigenvalue weighted by atomic mass is 32.2. The van der Waals surface area contributed by atoms with E-state index in [2.05, 4.69) is 57.9 Å². The van der Waals surface area contributed by atoms with Gasteiger partial charge in [-0.2, -0.15) is 0 Å². The zero-order valence-electron chi connectivity index (χ0n) is 33.8. The molecule has 12 heteroatoms. The van der Waals surface area contributed by atoms with Crippen LogP contribution in [0.4, 0.5) is 15.0 Å². The molecule has 1 amide bonds. The Bertz CT molecular complexity index is 1900. The number of piperazine rings is 1. The van der Waals surface area contributed by atoms with Crippen molar-refractivity contribution in [2.24, 2.45) is 0 Å². The van der Waals surface area contributed by atoms with Gasteiger partial charge in [0.05, 0.1) is 36.1 Å². The highest BCUT2D eigenvalue weighted by molar-refractivity contribution is 7.98. The first-order valence-electron chi connectivity index (χ1n) is 19.3. The number of hydrogen-bond donors (Lipinski definition) is 0. The Hall–Kier alpha value is -3.37. The average molecular weight is 777 g/mol. The Labute approximate surface area is 326 Å². The molecule has 0 spiro atoms. The van der Waals surface area contributed by atoms with Gasteiger partial charge in [-0.15, -0.1) is 5.54 Å². The molecule has 0 radical (unpaired) electrons. The molecule has 2 fully saturated rings. The first-order chi connectivity index (χ1) is 25.6. The van der Waals surface area contributed by atoms with Gasteiger partial charge in [-0.1, -0.05) is 65.3 Å². The summed E-state index contributed by atoms with van der Waals surface area (Å²) >= 11 is 1.51. The molecule has 2 bridgehead atoms. The predicted octanol–water partition coefficient (Wildman–Crippen LogP) is 9.45. The number of fused-ring (bicyclic) bond motifs is 4. The quantitative estimate of drug-likeness (QED) is 0.0694. The summed E-state index contributed by atoms with van der Waals surface area (Å²) in [4.78, 5) is 27.5. The van der Waals surface area contributed by atoms with Crippen LogP contribution in [-0.2, 0) is 27.2 Å². The largest absolute Gasteiger partial charge is 0.468 e. The number of methoxy groups -OCH3 is 1. The first-order valence-corrected chi connectivity index (χ1v) is 22.8. The van der Waals surface area contributed by atoms with Crippen LogP contribution in [0.1, 0.15) is 104 Å². The van der Waals surface area contributed by atoms with Crippen LogP contribution < -0.4 is 9.64 Å². The van der Waals surface area contributed by atoms with E-state index in [1.807, 2.05) is 44.1 Å². The van der Waals surface area contributed by atoms with Crippen LogP contribution in [0, 0.1) is 17.3 Å². The van der Waals surface area contributed by atoms with Gasteiger partial charge in [0.1, 0.15) is 31.1 Å². The van der Waals surface area contributed by atoms with E-state index < -0.39 is 19.8 Å². The molecule has 3 unspecified atom stereocenters. The zero-order chi connectivity index (χ0) is 39.1. The van der Waals surface area contributed by atoms with E-state index in [0.717, 1.165) is 46.3 Å². The number of anilines is 1. The Morgan fingerprint density at radius 2 is 1.72 bits per heavy atom. The molecule has 2 saturated heterocycles. The smallest absolute Gasteiger partial charge is 0.410 e. The van der Waals surface area contributed by atoms with Gasteiger partial charge in [0.25, 0.3) is 0 Å².